The largest absolute Gasteiger partial charge is 0.478 e. The van der Waals surface area contributed by atoms with E-state index in [9.17, 15) is 13.9 Å². The second kappa shape index (κ2) is 11.2. The molecule has 7 nitrogen and oxygen atoms in total. The Morgan fingerprint density at radius 1 is 1.06 bits per heavy atom. The number of hydrogen-bond donors (Lipinski definition) is 1. The molecule has 36 heavy (non-hydrogen) atoms. The van der Waals surface area contributed by atoms with E-state index in [2.05, 4.69) is 21.9 Å². The summed E-state index contributed by atoms with van der Waals surface area (Å²) in [6.45, 7) is 1.89. The van der Waals surface area contributed by atoms with Crippen molar-refractivity contribution >= 4 is 5.65 Å². The standard InChI is InChI=1S/C21H14F2N4O2.C6H13N/c1-29-21-20-25-6-7-27(20)19(14-8-16(22)15(11-28)17(23)9-14)18(26-21)13-4-2-12(10-24)3-5-13;1-7-5-3-2-4-6-7/h2-9,28H,11H2,1H3;2-6H2,1H3. The summed E-state index contributed by atoms with van der Waals surface area (Å²) >= 11 is 0. The number of halogens is 2. The fraction of sp³-hybridized carbons (Fsp3) is 0.296. The van der Waals surface area contributed by atoms with Crippen LogP contribution < -0.4 is 4.74 Å². The Morgan fingerprint density at radius 2 is 1.72 bits per heavy atom. The summed E-state index contributed by atoms with van der Waals surface area (Å²) in [7, 11) is 3.65. The van der Waals surface area contributed by atoms with E-state index in [1.54, 1.807) is 34.9 Å². The van der Waals surface area contributed by atoms with Gasteiger partial charge in [0.2, 0.25) is 5.65 Å². The van der Waals surface area contributed by atoms with Crippen molar-refractivity contribution in [2.24, 2.45) is 0 Å². The van der Waals surface area contributed by atoms with E-state index in [0.29, 0.717) is 28.2 Å². The second-order valence-electron chi connectivity index (χ2n) is 8.57. The highest BCUT2D eigenvalue weighted by atomic mass is 19.1. The van der Waals surface area contributed by atoms with E-state index in [1.165, 1.54) is 45.7 Å². The molecule has 0 aliphatic carbocycles. The van der Waals surface area contributed by atoms with Gasteiger partial charge in [-0.25, -0.2) is 18.7 Å². The highest BCUT2D eigenvalue weighted by Gasteiger charge is 2.21. The molecule has 0 bridgehead atoms. The fourth-order valence-electron chi connectivity index (χ4n) is 4.22. The zero-order valence-corrected chi connectivity index (χ0v) is 20.2. The van der Waals surface area contributed by atoms with Crippen molar-refractivity contribution in [3.05, 3.63) is 71.6 Å². The number of nitrogens with zero attached hydrogens (tertiary/aromatic N) is 5. The van der Waals surface area contributed by atoms with Gasteiger partial charge in [-0.05, 0) is 57.2 Å². The van der Waals surface area contributed by atoms with Crippen LogP contribution in [-0.4, -0.2) is 51.6 Å². The third kappa shape index (κ3) is 5.20. The molecule has 1 saturated heterocycles. The molecule has 0 amide bonds. The lowest BCUT2D eigenvalue weighted by atomic mass is 10.0. The molecule has 0 radical (unpaired) electrons. The number of ether oxygens (including phenoxy) is 1. The summed E-state index contributed by atoms with van der Waals surface area (Å²) in [4.78, 5) is 11.1. The minimum atomic E-state index is -0.864. The molecule has 9 heteroatoms. The quantitative estimate of drug-likeness (QED) is 0.441. The number of benzene rings is 2. The first-order chi connectivity index (χ1) is 17.5. The SMILES string of the molecule is CN1CCCCC1.COc1nc(-c2ccc(C#N)cc2)c(-c2cc(F)c(CO)c(F)c2)n2ccnc12. The van der Waals surface area contributed by atoms with Gasteiger partial charge in [0.25, 0.3) is 5.88 Å². The number of aliphatic hydroxyl groups excluding tert-OH is 1. The number of imidazole rings is 1. The van der Waals surface area contributed by atoms with Crippen LogP contribution in [0.15, 0.2) is 48.8 Å². The monoisotopic (exact) mass is 491 g/mol. The first-order valence-corrected chi connectivity index (χ1v) is 11.7. The molecule has 0 unspecified atom stereocenters. The number of aliphatic hydroxyl groups is 1. The van der Waals surface area contributed by atoms with E-state index < -0.39 is 23.8 Å². The zero-order chi connectivity index (χ0) is 25.7. The van der Waals surface area contributed by atoms with Gasteiger partial charge in [-0.2, -0.15) is 5.26 Å². The molecule has 5 rings (SSSR count). The summed E-state index contributed by atoms with van der Waals surface area (Å²) in [5.74, 6) is -1.49. The molecule has 0 spiro atoms. The zero-order valence-electron chi connectivity index (χ0n) is 20.2. The number of fused-ring (bicyclic) bond motifs is 1. The first-order valence-electron chi connectivity index (χ1n) is 11.7. The maximum atomic E-state index is 14.4. The summed E-state index contributed by atoms with van der Waals surface area (Å²) in [6.07, 6.45) is 7.44. The predicted octanol–water partition coefficient (Wildman–Crippen LogP) is 4.82. The van der Waals surface area contributed by atoms with Crippen molar-refractivity contribution in [2.45, 2.75) is 25.9 Å². The number of methoxy groups -OCH3 is 1. The van der Waals surface area contributed by atoms with Gasteiger partial charge in [0, 0.05) is 29.1 Å². The predicted molar refractivity (Wildman–Crippen MR) is 132 cm³/mol. The van der Waals surface area contributed by atoms with Crippen LogP contribution in [0.2, 0.25) is 0 Å². The average molecular weight is 492 g/mol. The maximum Gasteiger partial charge on any atom is 0.258 e. The molecule has 0 saturated carbocycles. The molecule has 2 aromatic heterocycles. The molecular formula is C27H27F2N5O2. The van der Waals surface area contributed by atoms with Crippen molar-refractivity contribution in [1.29, 1.82) is 5.26 Å². The van der Waals surface area contributed by atoms with E-state index in [1.807, 2.05) is 6.07 Å². The molecule has 1 fully saturated rings. The Bertz CT molecular complexity index is 1370. The smallest absolute Gasteiger partial charge is 0.258 e. The van der Waals surface area contributed by atoms with Crippen LogP contribution in [-0.2, 0) is 6.61 Å². The Morgan fingerprint density at radius 3 is 2.25 bits per heavy atom. The molecule has 1 aliphatic heterocycles. The van der Waals surface area contributed by atoms with Crippen LogP contribution in [0.3, 0.4) is 0 Å². The first kappa shape index (κ1) is 25.2. The molecular weight excluding hydrogens is 464 g/mol. The van der Waals surface area contributed by atoms with Gasteiger partial charge in [-0.3, -0.25) is 4.40 Å². The van der Waals surface area contributed by atoms with Crippen molar-refractivity contribution < 1.29 is 18.6 Å². The molecule has 2 aromatic carbocycles. The summed E-state index contributed by atoms with van der Waals surface area (Å²) in [5, 5.41) is 18.2. The minimum absolute atomic E-state index is 0.217. The van der Waals surface area contributed by atoms with Gasteiger partial charge in [0.05, 0.1) is 36.7 Å². The molecule has 1 N–H and O–H groups in total. The average Bonchev–Trinajstić information content (AvgIpc) is 3.38. The van der Waals surface area contributed by atoms with Crippen molar-refractivity contribution in [3.8, 4) is 34.5 Å². The fourth-order valence-corrected chi connectivity index (χ4v) is 4.22. The summed E-state index contributed by atoms with van der Waals surface area (Å²) < 4.78 is 35.8. The van der Waals surface area contributed by atoms with Crippen molar-refractivity contribution in [2.75, 3.05) is 27.2 Å². The van der Waals surface area contributed by atoms with E-state index >= 15 is 0 Å². The summed E-state index contributed by atoms with van der Waals surface area (Å²) in [5.41, 5.74) is 2.08. The van der Waals surface area contributed by atoms with Gasteiger partial charge in [-0.15, -0.1) is 0 Å². The van der Waals surface area contributed by atoms with Gasteiger partial charge < -0.3 is 14.7 Å². The Balaban J connectivity index is 0.000000375. The van der Waals surface area contributed by atoms with Crippen LogP contribution in [0.1, 0.15) is 30.4 Å². The number of piperidine rings is 1. The third-order valence-electron chi connectivity index (χ3n) is 6.14. The topological polar surface area (TPSA) is 86.7 Å². The highest BCUT2D eigenvalue weighted by molar-refractivity contribution is 5.81. The Labute approximate surface area is 208 Å². The van der Waals surface area contributed by atoms with Crippen LogP contribution >= 0.6 is 0 Å². The number of nitriles is 1. The Kier molecular flexibility index (Phi) is 7.88. The maximum absolute atomic E-state index is 14.4. The van der Waals surface area contributed by atoms with Crippen LogP contribution in [0.25, 0.3) is 28.2 Å². The molecule has 1 aliphatic rings. The lowest BCUT2D eigenvalue weighted by Gasteiger charge is -2.20. The van der Waals surface area contributed by atoms with Gasteiger partial charge in [-0.1, -0.05) is 18.6 Å². The second-order valence-corrected chi connectivity index (χ2v) is 8.57. The van der Waals surface area contributed by atoms with Crippen LogP contribution in [0.5, 0.6) is 5.88 Å². The minimum Gasteiger partial charge on any atom is -0.478 e. The molecule has 3 heterocycles. The summed E-state index contributed by atoms with van der Waals surface area (Å²) in [6, 6.07) is 11.0. The van der Waals surface area contributed by atoms with Crippen molar-refractivity contribution in [1.82, 2.24) is 19.3 Å². The lowest BCUT2D eigenvalue weighted by Crippen LogP contribution is -2.24. The lowest BCUT2D eigenvalue weighted by molar-refractivity contribution is 0.269. The number of aromatic nitrogens is 3. The van der Waals surface area contributed by atoms with Gasteiger partial charge in [0.15, 0.2) is 0 Å². The van der Waals surface area contributed by atoms with E-state index in [-0.39, 0.29) is 11.4 Å². The van der Waals surface area contributed by atoms with E-state index in [4.69, 9.17) is 10.00 Å². The number of rotatable bonds is 4. The number of likely N-dealkylation sites (tertiary alicyclic amines) is 1. The molecule has 4 aromatic rings. The van der Waals surface area contributed by atoms with E-state index in [0.717, 1.165) is 12.1 Å². The highest BCUT2D eigenvalue weighted by Crippen LogP contribution is 2.35. The Hall–Kier alpha value is -3.87. The normalized spacial score (nSPS) is 13.7. The van der Waals surface area contributed by atoms with Crippen molar-refractivity contribution in [3.63, 3.8) is 0 Å². The number of hydrogen-bond acceptors (Lipinski definition) is 6. The molecule has 186 valence electrons. The van der Waals surface area contributed by atoms with Crippen LogP contribution in [0, 0.1) is 23.0 Å². The van der Waals surface area contributed by atoms with Crippen LogP contribution in [0.4, 0.5) is 8.78 Å². The van der Waals surface area contributed by atoms with Gasteiger partial charge >= 0.3 is 0 Å². The molecule has 0 atom stereocenters. The van der Waals surface area contributed by atoms with Gasteiger partial charge in [0.1, 0.15) is 11.6 Å². The third-order valence-corrected chi connectivity index (χ3v) is 6.14.